The lowest BCUT2D eigenvalue weighted by Crippen LogP contribution is -2.55. The molecule has 3 aromatic rings. The molecule has 14 heteroatoms. The van der Waals surface area contributed by atoms with Gasteiger partial charge in [-0.2, -0.15) is 0 Å². The van der Waals surface area contributed by atoms with Gasteiger partial charge in [-0.25, -0.2) is 0 Å². The van der Waals surface area contributed by atoms with Crippen molar-refractivity contribution in [3.63, 3.8) is 0 Å². The van der Waals surface area contributed by atoms with Crippen molar-refractivity contribution in [3.05, 3.63) is 112 Å². The Bertz CT molecular complexity index is 2250. The van der Waals surface area contributed by atoms with E-state index in [4.69, 9.17) is 0 Å². The van der Waals surface area contributed by atoms with E-state index in [1.165, 1.54) is 11.1 Å². The molecule has 65 heavy (non-hydrogen) atoms. The highest BCUT2D eigenvalue weighted by atomic mass is 16.2. The second kappa shape index (κ2) is 21.9. The van der Waals surface area contributed by atoms with Gasteiger partial charge in [0.05, 0.1) is 24.2 Å². The molecule has 0 spiro atoms. The molecule has 0 saturated carbocycles. The van der Waals surface area contributed by atoms with Crippen LogP contribution in [0.25, 0.3) is 6.08 Å². The number of hydrogen-bond acceptors (Lipinski definition) is 8. The minimum atomic E-state index is -1.08. The maximum Gasteiger partial charge on any atom is 0.250 e. The number of aryl methyl sites for hydroxylation is 2. The van der Waals surface area contributed by atoms with Crippen molar-refractivity contribution in [2.45, 2.75) is 133 Å². The van der Waals surface area contributed by atoms with Crippen molar-refractivity contribution in [3.8, 4) is 0 Å². The Hall–Kier alpha value is -5.86. The lowest BCUT2D eigenvalue weighted by Gasteiger charge is -2.32. The first-order valence-corrected chi connectivity index (χ1v) is 23.6. The molecular formula is C51H66N8O6. The SMILES string of the molecule is CN[C@@H](C)C(=O)N[C@@H](C/C=C/c1cccc([C@H](NC(=O)[C@H](C)NC)C(=O)N2CCC[C@H]2C(=O)N[C@@H]2CCCc3ccccc32)c1)C(=O)N1CCC[C@H]1C(=O)N[C@@H]1CCCc2ccccc21. The molecule has 2 fully saturated rings. The molecule has 0 aromatic heterocycles. The van der Waals surface area contributed by atoms with E-state index in [0.29, 0.717) is 49.9 Å². The van der Waals surface area contributed by atoms with E-state index < -0.39 is 36.3 Å². The second-order valence-corrected chi connectivity index (χ2v) is 18.0. The molecule has 2 aliphatic carbocycles. The van der Waals surface area contributed by atoms with Gasteiger partial charge in [0.25, 0.3) is 0 Å². The topological polar surface area (TPSA) is 181 Å². The van der Waals surface area contributed by atoms with Gasteiger partial charge in [-0.3, -0.25) is 28.8 Å². The van der Waals surface area contributed by atoms with E-state index in [-0.39, 0.29) is 53.9 Å². The molecule has 0 unspecified atom stereocenters. The summed E-state index contributed by atoms with van der Waals surface area (Å²) in [5, 5.41) is 18.3. The molecule has 7 rings (SSSR count). The molecule has 2 saturated heterocycles. The van der Waals surface area contributed by atoms with E-state index in [0.717, 1.165) is 49.7 Å². The molecule has 0 radical (unpaired) electrons. The first kappa shape index (κ1) is 47.1. The zero-order valence-corrected chi connectivity index (χ0v) is 38.2. The van der Waals surface area contributed by atoms with Crippen LogP contribution in [0.1, 0.15) is 123 Å². The van der Waals surface area contributed by atoms with Gasteiger partial charge in [-0.05, 0) is 138 Å². The number of nitrogens with zero attached hydrogens (tertiary/aromatic N) is 2. The number of carbonyl (C=O) groups is 6. The summed E-state index contributed by atoms with van der Waals surface area (Å²) in [7, 11) is 3.35. The van der Waals surface area contributed by atoms with Gasteiger partial charge in [-0.1, -0.05) is 78.9 Å². The number of rotatable bonds is 16. The number of benzene rings is 3. The molecule has 3 aromatic carbocycles. The van der Waals surface area contributed by atoms with Gasteiger partial charge in [0.1, 0.15) is 24.2 Å². The average molecular weight is 887 g/mol. The monoisotopic (exact) mass is 887 g/mol. The quantitative estimate of drug-likeness (QED) is 0.123. The van der Waals surface area contributed by atoms with Crippen LogP contribution in [0.15, 0.2) is 78.9 Å². The maximum absolute atomic E-state index is 14.6. The number of carbonyl (C=O) groups excluding carboxylic acids is 6. The largest absolute Gasteiger partial charge is 0.347 e. The average Bonchev–Trinajstić information content (AvgIpc) is 4.04. The van der Waals surface area contributed by atoms with Crippen LogP contribution < -0.4 is 31.9 Å². The molecule has 6 amide bonds. The van der Waals surface area contributed by atoms with Crippen LogP contribution in [0, 0.1) is 0 Å². The van der Waals surface area contributed by atoms with Crippen molar-refractivity contribution in [1.82, 2.24) is 41.7 Å². The Morgan fingerprint density at radius 2 is 1.15 bits per heavy atom. The number of nitrogens with one attached hydrogen (secondary N) is 6. The van der Waals surface area contributed by atoms with Crippen LogP contribution in [0.5, 0.6) is 0 Å². The lowest BCUT2D eigenvalue weighted by atomic mass is 9.87. The minimum absolute atomic E-state index is 0.119. The number of hydrogen-bond donors (Lipinski definition) is 6. The predicted octanol–water partition coefficient (Wildman–Crippen LogP) is 4.32. The smallest absolute Gasteiger partial charge is 0.250 e. The van der Waals surface area contributed by atoms with Crippen LogP contribution in [0.4, 0.5) is 0 Å². The van der Waals surface area contributed by atoms with Gasteiger partial charge < -0.3 is 41.7 Å². The molecule has 6 N–H and O–H groups in total. The van der Waals surface area contributed by atoms with Crippen LogP contribution in [-0.2, 0) is 41.6 Å². The first-order valence-electron chi connectivity index (χ1n) is 23.6. The summed E-state index contributed by atoms with van der Waals surface area (Å²) in [5.74, 6) is -1.78. The predicted molar refractivity (Wildman–Crippen MR) is 250 cm³/mol. The van der Waals surface area contributed by atoms with Gasteiger partial charge in [0.15, 0.2) is 0 Å². The van der Waals surface area contributed by atoms with Gasteiger partial charge in [0.2, 0.25) is 35.4 Å². The fourth-order valence-electron chi connectivity index (χ4n) is 9.83. The van der Waals surface area contributed by atoms with Gasteiger partial charge in [0, 0.05) is 13.1 Å². The van der Waals surface area contributed by atoms with Gasteiger partial charge >= 0.3 is 0 Å². The Morgan fingerprint density at radius 1 is 0.631 bits per heavy atom. The van der Waals surface area contributed by atoms with Crippen LogP contribution in [-0.4, -0.2) is 103 Å². The Balaban J connectivity index is 1.07. The van der Waals surface area contributed by atoms with Crippen molar-refractivity contribution in [1.29, 1.82) is 0 Å². The highest BCUT2D eigenvalue weighted by molar-refractivity contribution is 5.95. The molecule has 346 valence electrons. The van der Waals surface area contributed by atoms with Crippen molar-refractivity contribution >= 4 is 41.5 Å². The molecule has 8 atom stereocenters. The normalized spacial score (nSPS) is 22.2. The van der Waals surface area contributed by atoms with Crippen LogP contribution in [0.3, 0.4) is 0 Å². The highest BCUT2D eigenvalue weighted by Gasteiger charge is 2.41. The van der Waals surface area contributed by atoms with E-state index in [9.17, 15) is 28.8 Å². The third kappa shape index (κ3) is 11.2. The summed E-state index contributed by atoms with van der Waals surface area (Å²) < 4.78 is 0. The molecule has 0 bridgehead atoms. The van der Waals surface area contributed by atoms with Gasteiger partial charge in [-0.15, -0.1) is 0 Å². The molecule has 14 nitrogen and oxygen atoms in total. The standard InChI is InChI=1S/C51H66N8O6/c1-32(52-3)46(60)56-42(50(64)58-29-13-27-43(58)48(62)54-40-24-11-19-35-17-5-7-22-38(35)40)26-10-16-34-15-9-21-37(31-34)45(57-47(61)33(2)53-4)51(65)59-30-14-28-44(59)49(63)55-41-25-12-20-36-18-6-8-23-39(36)41/h5-10,15-18,21-23,31-33,40-45,52-53H,11-14,19-20,24-30H2,1-4H3,(H,54,62)(H,55,63)(H,56,60)(H,57,61)/b16-10+/t32-,33-,40+,41+,42-,43-,44-,45-/m0/s1. The first-order chi connectivity index (χ1) is 31.5. The Labute approximate surface area is 383 Å². The summed E-state index contributed by atoms with van der Waals surface area (Å²) in [6.45, 7) is 4.21. The van der Waals surface area contributed by atoms with Crippen LogP contribution in [0.2, 0.25) is 0 Å². The van der Waals surface area contributed by atoms with Crippen LogP contribution >= 0.6 is 0 Å². The van der Waals surface area contributed by atoms with E-state index in [1.807, 2.05) is 42.5 Å². The van der Waals surface area contributed by atoms with Crippen molar-refractivity contribution < 1.29 is 28.8 Å². The van der Waals surface area contributed by atoms with E-state index in [1.54, 1.807) is 56.0 Å². The molecule has 2 aliphatic heterocycles. The fourth-order valence-corrected chi connectivity index (χ4v) is 9.83. The third-order valence-corrected chi connectivity index (χ3v) is 13.8. The number of likely N-dealkylation sites (tertiary alicyclic amines) is 2. The Kier molecular flexibility index (Phi) is 15.9. The van der Waals surface area contributed by atoms with Crippen molar-refractivity contribution in [2.75, 3.05) is 27.2 Å². The van der Waals surface area contributed by atoms with Crippen molar-refractivity contribution in [2.24, 2.45) is 0 Å². The summed E-state index contributed by atoms with van der Waals surface area (Å²) >= 11 is 0. The summed E-state index contributed by atoms with van der Waals surface area (Å²) in [4.78, 5) is 86.7. The second-order valence-electron chi connectivity index (χ2n) is 18.0. The number of fused-ring (bicyclic) bond motifs is 2. The number of likely N-dealkylation sites (N-methyl/N-ethyl adjacent to an activating group) is 2. The number of amides is 6. The fraction of sp³-hybridized carbons (Fsp3) is 0.490. The summed E-state index contributed by atoms with van der Waals surface area (Å²) in [6, 6.07) is 18.9. The zero-order valence-electron chi connectivity index (χ0n) is 38.2. The molecule has 2 heterocycles. The minimum Gasteiger partial charge on any atom is -0.347 e. The Morgan fingerprint density at radius 3 is 1.71 bits per heavy atom. The molecular weight excluding hydrogens is 821 g/mol. The summed E-state index contributed by atoms with van der Waals surface area (Å²) in [6.07, 6.45) is 11.7. The summed E-state index contributed by atoms with van der Waals surface area (Å²) in [5.41, 5.74) is 5.95. The maximum atomic E-state index is 14.6. The lowest BCUT2D eigenvalue weighted by molar-refractivity contribution is -0.142. The van der Waals surface area contributed by atoms with E-state index >= 15 is 0 Å². The highest BCUT2D eigenvalue weighted by Crippen LogP contribution is 2.33. The van der Waals surface area contributed by atoms with E-state index in [2.05, 4.69) is 56.2 Å². The zero-order chi connectivity index (χ0) is 46.0. The third-order valence-electron chi connectivity index (χ3n) is 13.8. The molecule has 4 aliphatic rings.